The standard InChI is InChI=1S/C12H16N4O2S/c1-2-3-9-4-6-10(7-5-9)16-19(17,18)11-8-14-15-12(11)13/h4-8,16H,2-3H2,1H3,(H3,13,14,15). The van der Waals surface area contributed by atoms with E-state index in [0.29, 0.717) is 5.69 Å². The summed E-state index contributed by atoms with van der Waals surface area (Å²) in [6.45, 7) is 2.10. The van der Waals surface area contributed by atoms with Crippen molar-refractivity contribution in [2.45, 2.75) is 24.7 Å². The molecule has 0 unspecified atom stereocenters. The highest BCUT2D eigenvalue weighted by molar-refractivity contribution is 7.92. The van der Waals surface area contributed by atoms with Gasteiger partial charge in [0.15, 0.2) is 0 Å². The lowest BCUT2D eigenvalue weighted by Crippen LogP contribution is -2.13. The average Bonchev–Trinajstić information content (AvgIpc) is 2.79. The zero-order valence-electron chi connectivity index (χ0n) is 10.6. The number of hydrogen-bond acceptors (Lipinski definition) is 4. The first-order chi connectivity index (χ1) is 9.03. The Morgan fingerprint density at radius 2 is 2.00 bits per heavy atom. The molecule has 19 heavy (non-hydrogen) atoms. The predicted octanol–water partition coefficient (Wildman–Crippen LogP) is 1.75. The molecule has 0 saturated heterocycles. The molecule has 0 radical (unpaired) electrons. The molecule has 102 valence electrons. The third-order valence-electron chi connectivity index (χ3n) is 2.67. The number of benzene rings is 1. The summed E-state index contributed by atoms with van der Waals surface area (Å²) < 4.78 is 26.5. The molecule has 1 aromatic heterocycles. The van der Waals surface area contributed by atoms with E-state index in [1.165, 1.54) is 11.8 Å². The molecule has 0 fully saturated rings. The summed E-state index contributed by atoms with van der Waals surface area (Å²) in [7, 11) is -3.69. The number of aromatic nitrogens is 2. The minimum Gasteiger partial charge on any atom is -0.383 e. The molecule has 1 heterocycles. The zero-order valence-corrected chi connectivity index (χ0v) is 11.4. The lowest BCUT2D eigenvalue weighted by atomic mass is 10.1. The normalized spacial score (nSPS) is 11.4. The number of sulfonamides is 1. The molecule has 0 aliphatic carbocycles. The monoisotopic (exact) mass is 280 g/mol. The maximum Gasteiger partial charge on any atom is 0.267 e. The second-order valence-corrected chi connectivity index (χ2v) is 5.85. The number of nitrogens with one attached hydrogen (secondary N) is 2. The van der Waals surface area contributed by atoms with Crippen LogP contribution in [0.4, 0.5) is 11.5 Å². The topological polar surface area (TPSA) is 101 Å². The Bertz CT molecular complexity index is 647. The smallest absolute Gasteiger partial charge is 0.267 e. The second-order valence-electron chi connectivity index (χ2n) is 4.20. The summed E-state index contributed by atoms with van der Waals surface area (Å²) in [5, 5.41) is 5.99. The Balaban J connectivity index is 2.19. The summed E-state index contributed by atoms with van der Waals surface area (Å²) in [6.07, 6.45) is 3.21. The van der Waals surface area contributed by atoms with E-state index in [0.717, 1.165) is 12.8 Å². The second kappa shape index (κ2) is 5.31. The van der Waals surface area contributed by atoms with Crippen LogP contribution >= 0.6 is 0 Å². The number of nitrogen functional groups attached to an aromatic ring is 1. The molecule has 0 atom stereocenters. The van der Waals surface area contributed by atoms with Gasteiger partial charge in [0.05, 0.1) is 6.20 Å². The van der Waals surface area contributed by atoms with Crippen LogP contribution in [0.25, 0.3) is 0 Å². The molecule has 2 aromatic rings. The first kappa shape index (κ1) is 13.4. The van der Waals surface area contributed by atoms with Crippen LogP contribution < -0.4 is 10.5 Å². The maximum absolute atomic E-state index is 12.0. The molecule has 0 bridgehead atoms. The van der Waals surface area contributed by atoms with Gasteiger partial charge in [0.25, 0.3) is 10.0 Å². The van der Waals surface area contributed by atoms with Gasteiger partial charge in [-0.2, -0.15) is 5.10 Å². The zero-order chi connectivity index (χ0) is 13.9. The number of aryl methyl sites for hydroxylation is 1. The van der Waals surface area contributed by atoms with Crippen LogP contribution in [0.1, 0.15) is 18.9 Å². The molecule has 4 N–H and O–H groups in total. The number of nitrogens with zero attached hydrogens (tertiary/aromatic N) is 1. The first-order valence-electron chi connectivity index (χ1n) is 5.93. The van der Waals surface area contributed by atoms with E-state index in [4.69, 9.17) is 5.73 Å². The number of nitrogens with two attached hydrogens (primary N) is 1. The fraction of sp³-hybridized carbons (Fsp3) is 0.250. The van der Waals surface area contributed by atoms with Gasteiger partial charge in [-0.05, 0) is 24.1 Å². The van der Waals surface area contributed by atoms with Crippen molar-refractivity contribution in [3.8, 4) is 0 Å². The number of anilines is 2. The van der Waals surface area contributed by atoms with Crippen LogP contribution in [0.3, 0.4) is 0 Å². The Labute approximate surface area is 112 Å². The fourth-order valence-electron chi connectivity index (χ4n) is 1.74. The van der Waals surface area contributed by atoms with Gasteiger partial charge >= 0.3 is 0 Å². The third-order valence-corrected chi connectivity index (χ3v) is 4.08. The van der Waals surface area contributed by atoms with Gasteiger partial charge < -0.3 is 5.73 Å². The van der Waals surface area contributed by atoms with Crippen LogP contribution in [0, 0.1) is 0 Å². The van der Waals surface area contributed by atoms with E-state index in [9.17, 15) is 8.42 Å². The highest BCUT2D eigenvalue weighted by atomic mass is 32.2. The Morgan fingerprint density at radius 3 is 2.53 bits per heavy atom. The maximum atomic E-state index is 12.0. The molecule has 2 rings (SSSR count). The summed E-state index contributed by atoms with van der Waals surface area (Å²) in [5.74, 6) is 0.0232. The van der Waals surface area contributed by atoms with E-state index in [2.05, 4.69) is 21.8 Å². The molecule has 6 nitrogen and oxygen atoms in total. The van der Waals surface area contributed by atoms with Gasteiger partial charge in [-0.1, -0.05) is 25.5 Å². The molecule has 0 aliphatic rings. The van der Waals surface area contributed by atoms with Crippen molar-refractivity contribution in [2.24, 2.45) is 0 Å². The van der Waals surface area contributed by atoms with E-state index in [-0.39, 0.29) is 10.7 Å². The van der Waals surface area contributed by atoms with Crippen molar-refractivity contribution in [1.82, 2.24) is 10.2 Å². The van der Waals surface area contributed by atoms with Crippen LogP contribution in [0.2, 0.25) is 0 Å². The first-order valence-corrected chi connectivity index (χ1v) is 7.42. The van der Waals surface area contributed by atoms with Gasteiger partial charge in [0.1, 0.15) is 10.7 Å². The van der Waals surface area contributed by atoms with Crippen molar-refractivity contribution in [2.75, 3.05) is 10.5 Å². The van der Waals surface area contributed by atoms with Gasteiger partial charge in [-0.15, -0.1) is 0 Å². The SMILES string of the molecule is CCCc1ccc(NS(=O)(=O)c2cn[nH]c2N)cc1. The summed E-state index contributed by atoms with van der Waals surface area (Å²) >= 11 is 0. The van der Waals surface area contributed by atoms with Crippen LogP contribution in [0.5, 0.6) is 0 Å². The Kier molecular flexibility index (Phi) is 3.75. The van der Waals surface area contributed by atoms with E-state index in [1.54, 1.807) is 12.1 Å². The summed E-state index contributed by atoms with van der Waals surface area (Å²) in [4.78, 5) is -0.0508. The summed E-state index contributed by atoms with van der Waals surface area (Å²) in [5.41, 5.74) is 7.18. The van der Waals surface area contributed by atoms with Crippen molar-refractivity contribution in [1.29, 1.82) is 0 Å². The van der Waals surface area contributed by atoms with Crippen molar-refractivity contribution in [3.63, 3.8) is 0 Å². The molecule has 7 heteroatoms. The highest BCUT2D eigenvalue weighted by Crippen LogP contribution is 2.19. The third kappa shape index (κ3) is 3.05. The van der Waals surface area contributed by atoms with E-state index < -0.39 is 10.0 Å². The van der Waals surface area contributed by atoms with Crippen LogP contribution in [-0.4, -0.2) is 18.6 Å². The Morgan fingerprint density at radius 1 is 1.32 bits per heavy atom. The predicted molar refractivity (Wildman–Crippen MR) is 74.2 cm³/mol. The van der Waals surface area contributed by atoms with Crippen molar-refractivity contribution < 1.29 is 8.42 Å². The minimum atomic E-state index is -3.69. The van der Waals surface area contributed by atoms with Gasteiger partial charge in [0, 0.05) is 5.69 Å². The largest absolute Gasteiger partial charge is 0.383 e. The number of H-pyrrole nitrogens is 1. The van der Waals surface area contributed by atoms with E-state index in [1.807, 2.05) is 12.1 Å². The Hall–Kier alpha value is -2.02. The molecule has 0 saturated carbocycles. The minimum absolute atomic E-state index is 0.0232. The molecule has 1 aromatic carbocycles. The number of aromatic amines is 1. The fourth-order valence-corrected chi connectivity index (χ4v) is 2.82. The van der Waals surface area contributed by atoms with Crippen LogP contribution in [-0.2, 0) is 16.4 Å². The molecule has 0 aliphatic heterocycles. The lowest BCUT2D eigenvalue weighted by molar-refractivity contribution is 0.601. The number of hydrogen-bond donors (Lipinski definition) is 3. The van der Waals surface area contributed by atoms with E-state index >= 15 is 0 Å². The number of rotatable bonds is 5. The quantitative estimate of drug-likeness (QED) is 0.776. The van der Waals surface area contributed by atoms with Crippen molar-refractivity contribution >= 4 is 21.5 Å². The molecular formula is C12H16N4O2S. The molecule has 0 spiro atoms. The van der Waals surface area contributed by atoms with Crippen LogP contribution in [0.15, 0.2) is 35.4 Å². The molecular weight excluding hydrogens is 264 g/mol. The lowest BCUT2D eigenvalue weighted by Gasteiger charge is -2.07. The average molecular weight is 280 g/mol. The highest BCUT2D eigenvalue weighted by Gasteiger charge is 2.19. The van der Waals surface area contributed by atoms with Crippen molar-refractivity contribution in [3.05, 3.63) is 36.0 Å². The van der Waals surface area contributed by atoms with Gasteiger partial charge in [-0.25, -0.2) is 8.42 Å². The molecule has 0 amide bonds. The van der Waals surface area contributed by atoms with Gasteiger partial charge in [-0.3, -0.25) is 9.82 Å². The van der Waals surface area contributed by atoms with Gasteiger partial charge in [0.2, 0.25) is 0 Å². The summed E-state index contributed by atoms with van der Waals surface area (Å²) in [6, 6.07) is 7.28.